The summed E-state index contributed by atoms with van der Waals surface area (Å²) in [5, 5.41) is 12.0. The number of aromatic carboxylic acids is 1. The average molecular weight is 302 g/mol. The van der Waals surface area contributed by atoms with Crippen molar-refractivity contribution in [1.29, 1.82) is 0 Å². The first kappa shape index (κ1) is 17.3. The first-order valence-corrected chi connectivity index (χ1v) is 6.56. The number of carboxylic acid groups (broad SMARTS) is 1. The topological polar surface area (TPSA) is 71.5 Å². The van der Waals surface area contributed by atoms with Gasteiger partial charge in [-0.3, -0.25) is 0 Å². The first-order chi connectivity index (χ1) is 9.70. The molecule has 0 amide bonds. The molecule has 0 aliphatic rings. The van der Waals surface area contributed by atoms with Crippen molar-refractivity contribution in [2.24, 2.45) is 0 Å². The SMILES string of the molecule is CC(C)(C)c1cc(C(=O)O)cc(NCCOCC(F)F)n1. The fourth-order valence-electron chi connectivity index (χ4n) is 1.55. The Morgan fingerprint density at radius 1 is 1.43 bits per heavy atom. The largest absolute Gasteiger partial charge is 0.478 e. The standard InChI is InChI=1S/C14H20F2N2O3/c1-14(2,3)10-6-9(13(19)20)7-12(18-10)17-4-5-21-8-11(15)16/h6-7,11H,4-5,8H2,1-3H3,(H,17,18)(H,19,20). The quantitative estimate of drug-likeness (QED) is 0.758. The Bertz CT molecular complexity index is 488. The van der Waals surface area contributed by atoms with Crippen molar-refractivity contribution in [2.45, 2.75) is 32.6 Å². The first-order valence-electron chi connectivity index (χ1n) is 6.56. The second-order valence-electron chi connectivity index (χ2n) is 5.57. The van der Waals surface area contributed by atoms with Gasteiger partial charge in [0.1, 0.15) is 12.4 Å². The second-order valence-corrected chi connectivity index (χ2v) is 5.57. The highest BCUT2D eigenvalue weighted by atomic mass is 19.3. The van der Waals surface area contributed by atoms with Crippen LogP contribution in [0.3, 0.4) is 0 Å². The number of carboxylic acids is 1. The molecule has 1 aromatic rings. The van der Waals surface area contributed by atoms with Gasteiger partial charge in [-0.1, -0.05) is 20.8 Å². The van der Waals surface area contributed by atoms with E-state index >= 15 is 0 Å². The summed E-state index contributed by atoms with van der Waals surface area (Å²) >= 11 is 0. The van der Waals surface area contributed by atoms with E-state index < -0.39 is 19.0 Å². The molecule has 0 fully saturated rings. The zero-order valence-corrected chi connectivity index (χ0v) is 12.3. The van der Waals surface area contributed by atoms with Crippen molar-refractivity contribution >= 4 is 11.8 Å². The monoisotopic (exact) mass is 302 g/mol. The summed E-state index contributed by atoms with van der Waals surface area (Å²) in [7, 11) is 0. The molecule has 21 heavy (non-hydrogen) atoms. The number of ether oxygens (including phenoxy) is 1. The number of nitrogens with one attached hydrogen (secondary N) is 1. The van der Waals surface area contributed by atoms with E-state index in [9.17, 15) is 13.6 Å². The van der Waals surface area contributed by atoms with E-state index in [2.05, 4.69) is 10.3 Å². The third-order valence-corrected chi connectivity index (χ3v) is 2.64. The Balaban J connectivity index is 2.73. The van der Waals surface area contributed by atoms with Gasteiger partial charge in [0.2, 0.25) is 0 Å². The predicted octanol–water partition coefficient (Wildman–Crippen LogP) is 2.77. The minimum Gasteiger partial charge on any atom is -0.478 e. The van der Waals surface area contributed by atoms with Crippen molar-refractivity contribution in [2.75, 3.05) is 25.1 Å². The molecule has 0 atom stereocenters. The molecule has 0 aliphatic carbocycles. The van der Waals surface area contributed by atoms with Gasteiger partial charge in [0.05, 0.1) is 12.2 Å². The maximum absolute atomic E-state index is 11.9. The van der Waals surface area contributed by atoms with Crippen molar-refractivity contribution in [1.82, 2.24) is 4.98 Å². The number of halogens is 2. The maximum Gasteiger partial charge on any atom is 0.335 e. The lowest BCUT2D eigenvalue weighted by molar-refractivity contribution is 0.0214. The summed E-state index contributed by atoms with van der Waals surface area (Å²) in [6.45, 7) is 5.53. The summed E-state index contributed by atoms with van der Waals surface area (Å²) in [5.41, 5.74) is 0.470. The van der Waals surface area contributed by atoms with Crippen LogP contribution in [0.5, 0.6) is 0 Å². The number of anilines is 1. The van der Waals surface area contributed by atoms with Gasteiger partial charge in [-0.15, -0.1) is 0 Å². The van der Waals surface area contributed by atoms with Gasteiger partial charge >= 0.3 is 5.97 Å². The molecule has 0 aliphatic heterocycles. The Labute approximate surface area is 122 Å². The van der Waals surface area contributed by atoms with Gasteiger partial charge in [0.15, 0.2) is 0 Å². The Hall–Kier alpha value is -1.76. The number of pyridine rings is 1. The molecule has 0 unspecified atom stereocenters. The number of hydrogen-bond acceptors (Lipinski definition) is 4. The highest BCUT2D eigenvalue weighted by Crippen LogP contribution is 2.23. The molecule has 0 aromatic carbocycles. The smallest absolute Gasteiger partial charge is 0.335 e. The summed E-state index contributed by atoms with van der Waals surface area (Å²) in [6.07, 6.45) is -2.49. The molecular formula is C14H20F2N2O3. The molecule has 0 bridgehead atoms. The molecule has 7 heteroatoms. The minimum atomic E-state index is -2.49. The number of carbonyl (C=O) groups is 1. The lowest BCUT2D eigenvalue weighted by Crippen LogP contribution is -2.18. The number of aromatic nitrogens is 1. The molecule has 1 rings (SSSR count). The molecule has 0 saturated carbocycles. The van der Waals surface area contributed by atoms with Crippen LogP contribution in [0, 0.1) is 0 Å². The van der Waals surface area contributed by atoms with E-state index in [0.717, 1.165) is 0 Å². The fourth-order valence-corrected chi connectivity index (χ4v) is 1.55. The number of hydrogen-bond donors (Lipinski definition) is 2. The van der Waals surface area contributed by atoms with E-state index in [-0.39, 0.29) is 24.1 Å². The molecular weight excluding hydrogens is 282 g/mol. The predicted molar refractivity (Wildman–Crippen MR) is 75.2 cm³/mol. The van der Waals surface area contributed by atoms with Crippen LogP contribution in [0.4, 0.5) is 14.6 Å². The van der Waals surface area contributed by atoms with Crippen LogP contribution in [-0.4, -0.2) is 42.2 Å². The van der Waals surface area contributed by atoms with Crippen LogP contribution in [0.2, 0.25) is 0 Å². The van der Waals surface area contributed by atoms with Gasteiger partial charge in [-0.2, -0.15) is 0 Å². The minimum absolute atomic E-state index is 0.0914. The van der Waals surface area contributed by atoms with Crippen LogP contribution in [0.1, 0.15) is 36.8 Å². The summed E-state index contributed by atoms with van der Waals surface area (Å²) < 4.78 is 28.5. The van der Waals surface area contributed by atoms with E-state index in [1.54, 1.807) is 0 Å². The fraction of sp³-hybridized carbons (Fsp3) is 0.571. The van der Waals surface area contributed by atoms with Gasteiger partial charge < -0.3 is 15.2 Å². The summed E-state index contributed by atoms with van der Waals surface area (Å²) in [4.78, 5) is 15.5. The molecule has 1 aromatic heterocycles. The Kier molecular flexibility index (Phi) is 6.02. The highest BCUT2D eigenvalue weighted by molar-refractivity contribution is 5.88. The number of nitrogens with zero attached hydrogens (tertiary/aromatic N) is 1. The normalized spacial score (nSPS) is 11.7. The van der Waals surface area contributed by atoms with Crippen LogP contribution >= 0.6 is 0 Å². The van der Waals surface area contributed by atoms with E-state index in [0.29, 0.717) is 11.5 Å². The highest BCUT2D eigenvalue weighted by Gasteiger charge is 2.19. The van der Waals surface area contributed by atoms with E-state index in [1.165, 1.54) is 12.1 Å². The van der Waals surface area contributed by atoms with Gasteiger partial charge in [0.25, 0.3) is 6.43 Å². The van der Waals surface area contributed by atoms with Crippen molar-refractivity contribution in [3.8, 4) is 0 Å². The summed E-state index contributed by atoms with van der Waals surface area (Å²) in [5.74, 6) is -0.652. The van der Waals surface area contributed by atoms with Crippen molar-refractivity contribution in [3.63, 3.8) is 0 Å². The Morgan fingerprint density at radius 2 is 2.10 bits per heavy atom. The van der Waals surface area contributed by atoms with Gasteiger partial charge in [-0.05, 0) is 12.1 Å². The van der Waals surface area contributed by atoms with Crippen LogP contribution in [0.25, 0.3) is 0 Å². The second kappa shape index (κ2) is 7.31. The number of alkyl halides is 2. The van der Waals surface area contributed by atoms with E-state index in [1.807, 2.05) is 20.8 Å². The van der Waals surface area contributed by atoms with Crippen LogP contribution < -0.4 is 5.32 Å². The lowest BCUT2D eigenvalue weighted by atomic mass is 9.91. The molecule has 118 valence electrons. The lowest BCUT2D eigenvalue weighted by Gasteiger charge is -2.19. The molecule has 5 nitrogen and oxygen atoms in total. The molecule has 0 saturated heterocycles. The molecule has 0 radical (unpaired) electrons. The van der Waals surface area contributed by atoms with Crippen molar-refractivity contribution in [3.05, 3.63) is 23.4 Å². The van der Waals surface area contributed by atoms with Crippen LogP contribution in [0.15, 0.2) is 12.1 Å². The zero-order valence-electron chi connectivity index (χ0n) is 12.3. The van der Waals surface area contributed by atoms with Gasteiger partial charge in [0, 0.05) is 17.7 Å². The third-order valence-electron chi connectivity index (χ3n) is 2.64. The average Bonchev–Trinajstić information content (AvgIpc) is 2.36. The third kappa shape index (κ3) is 6.03. The molecule has 0 spiro atoms. The summed E-state index contributed by atoms with van der Waals surface area (Å²) in [6, 6.07) is 2.94. The molecule has 1 heterocycles. The van der Waals surface area contributed by atoms with Gasteiger partial charge in [-0.25, -0.2) is 18.6 Å². The van der Waals surface area contributed by atoms with E-state index in [4.69, 9.17) is 9.84 Å². The zero-order chi connectivity index (χ0) is 16.0. The molecule has 2 N–H and O–H groups in total. The van der Waals surface area contributed by atoms with Crippen LogP contribution in [-0.2, 0) is 10.2 Å². The number of rotatable bonds is 7. The Morgan fingerprint density at radius 3 is 2.62 bits per heavy atom. The maximum atomic E-state index is 11.9. The van der Waals surface area contributed by atoms with Crippen molar-refractivity contribution < 1.29 is 23.4 Å².